The summed E-state index contributed by atoms with van der Waals surface area (Å²) in [5, 5.41) is 3.78. The summed E-state index contributed by atoms with van der Waals surface area (Å²) in [7, 11) is 3.09. The highest BCUT2D eigenvalue weighted by molar-refractivity contribution is 6.30. The summed E-state index contributed by atoms with van der Waals surface area (Å²) in [5.74, 6) is 0.813. The van der Waals surface area contributed by atoms with Gasteiger partial charge in [0.1, 0.15) is 17.3 Å². The van der Waals surface area contributed by atoms with Gasteiger partial charge in [0, 0.05) is 5.02 Å². The molecule has 0 bridgehead atoms. The van der Waals surface area contributed by atoms with E-state index in [2.05, 4.69) is 5.32 Å². The Morgan fingerprint density at radius 2 is 1.81 bits per heavy atom. The summed E-state index contributed by atoms with van der Waals surface area (Å²) in [5.41, 5.74) is 1.16. The topological polar surface area (TPSA) is 30.5 Å². The van der Waals surface area contributed by atoms with Crippen molar-refractivity contribution in [1.29, 1.82) is 0 Å². The molecule has 0 radical (unpaired) electrons. The second kappa shape index (κ2) is 6.68. The van der Waals surface area contributed by atoms with Crippen molar-refractivity contribution in [1.82, 2.24) is 0 Å². The first-order valence-electron chi connectivity index (χ1n) is 6.49. The van der Waals surface area contributed by atoms with E-state index in [1.54, 1.807) is 37.4 Å². The fourth-order valence-electron chi connectivity index (χ4n) is 2.21. The maximum Gasteiger partial charge on any atom is 0.142 e. The number of nitrogens with one attached hydrogen (secondary N) is 1. The average molecular weight is 310 g/mol. The van der Waals surface area contributed by atoms with Gasteiger partial charge in [-0.3, -0.25) is 0 Å². The highest BCUT2D eigenvalue weighted by Crippen LogP contribution is 2.34. The molecule has 2 aromatic rings. The molecule has 21 heavy (non-hydrogen) atoms. The number of halogens is 2. The van der Waals surface area contributed by atoms with Crippen molar-refractivity contribution in [3.05, 3.63) is 52.8 Å². The zero-order chi connectivity index (χ0) is 15.4. The van der Waals surface area contributed by atoms with Gasteiger partial charge in [0.15, 0.2) is 0 Å². The van der Waals surface area contributed by atoms with Gasteiger partial charge in [-0.25, -0.2) is 4.39 Å². The van der Waals surface area contributed by atoms with E-state index >= 15 is 0 Å². The first-order chi connectivity index (χ1) is 10.1. The molecule has 1 atom stereocenters. The SMILES string of the molecule is COc1ccc(Cl)cc1NC(C)c1c(F)cccc1OC. The van der Waals surface area contributed by atoms with Crippen molar-refractivity contribution in [3.8, 4) is 11.5 Å². The van der Waals surface area contributed by atoms with Crippen LogP contribution in [-0.4, -0.2) is 14.2 Å². The van der Waals surface area contributed by atoms with E-state index in [-0.39, 0.29) is 11.9 Å². The lowest BCUT2D eigenvalue weighted by molar-refractivity contribution is 0.401. The molecule has 3 nitrogen and oxygen atoms in total. The lowest BCUT2D eigenvalue weighted by atomic mass is 10.1. The molecule has 0 aromatic heterocycles. The van der Waals surface area contributed by atoms with Crippen LogP contribution in [0.4, 0.5) is 10.1 Å². The molecule has 0 aliphatic rings. The summed E-state index contributed by atoms with van der Waals surface area (Å²) >= 11 is 6.00. The molecule has 0 aliphatic carbocycles. The number of anilines is 1. The number of methoxy groups -OCH3 is 2. The zero-order valence-electron chi connectivity index (χ0n) is 12.1. The Balaban J connectivity index is 2.34. The number of rotatable bonds is 5. The molecule has 0 aliphatic heterocycles. The molecule has 0 fully saturated rings. The van der Waals surface area contributed by atoms with Gasteiger partial charge >= 0.3 is 0 Å². The van der Waals surface area contributed by atoms with Crippen LogP contribution in [0.15, 0.2) is 36.4 Å². The third-order valence-electron chi connectivity index (χ3n) is 3.20. The molecule has 5 heteroatoms. The molecular weight excluding hydrogens is 293 g/mol. The summed E-state index contributed by atoms with van der Waals surface area (Å²) in [6, 6.07) is 9.68. The second-order valence-corrected chi connectivity index (χ2v) is 5.00. The highest BCUT2D eigenvalue weighted by Gasteiger charge is 2.17. The van der Waals surface area contributed by atoms with Gasteiger partial charge in [-0.1, -0.05) is 17.7 Å². The smallest absolute Gasteiger partial charge is 0.142 e. The largest absolute Gasteiger partial charge is 0.496 e. The molecule has 1 unspecified atom stereocenters. The maximum atomic E-state index is 14.1. The van der Waals surface area contributed by atoms with Crippen LogP contribution in [0.25, 0.3) is 0 Å². The van der Waals surface area contributed by atoms with Gasteiger partial charge in [0.2, 0.25) is 0 Å². The van der Waals surface area contributed by atoms with Gasteiger partial charge in [-0.15, -0.1) is 0 Å². The van der Waals surface area contributed by atoms with Crippen LogP contribution in [0, 0.1) is 5.82 Å². The van der Waals surface area contributed by atoms with Crippen LogP contribution in [0.5, 0.6) is 11.5 Å². The van der Waals surface area contributed by atoms with Crippen molar-refractivity contribution >= 4 is 17.3 Å². The fourth-order valence-corrected chi connectivity index (χ4v) is 2.39. The Morgan fingerprint density at radius 1 is 1.10 bits per heavy atom. The molecule has 112 valence electrons. The Kier molecular flexibility index (Phi) is 4.91. The average Bonchev–Trinajstić information content (AvgIpc) is 2.47. The Labute approximate surface area is 128 Å². The van der Waals surface area contributed by atoms with Gasteiger partial charge in [0.05, 0.1) is 31.5 Å². The first kappa shape index (κ1) is 15.4. The Hall–Kier alpha value is -1.94. The molecule has 2 rings (SSSR count). The zero-order valence-corrected chi connectivity index (χ0v) is 12.9. The normalized spacial score (nSPS) is 11.9. The molecule has 0 heterocycles. The van der Waals surface area contributed by atoms with Gasteiger partial charge < -0.3 is 14.8 Å². The predicted octanol–water partition coefficient (Wildman–Crippen LogP) is 4.67. The maximum absolute atomic E-state index is 14.1. The van der Waals surface area contributed by atoms with E-state index < -0.39 is 0 Å². The highest BCUT2D eigenvalue weighted by atomic mass is 35.5. The van der Waals surface area contributed by atoms with Crippen LogP contribution < -0.4 is 14.8 Å². The van der Waals surface area contributed by atoms with Crippen LogP contribution >= 0.6 is 11.6 Å². The van der Waals surface area contributed by atoms with E-state index in [9.17, 15) is 4.39 Å². The molecule has 0 amide bonds. The van der Waals surface area contributed by atoms with Crippen molar-refractivity contribution in [2.45, 2.75) is 13.0 Å². The minimum absolute atomic E-state index is 0.312. The van der Waals surface area contributed by atoms with Crippen molar-refractivity contribution in [2.75, 3.05) is 19.5 Å². The van der Waals surface area contributed by atoms with Gasteiger partial charge in [-0.05, 0) is 37.3 Å². The Bertz CT molecular complexity index is 634. The quantitative estimate of drug-likeness (QED) is 0.870. The summed E-state index contributed by atoms with van der Waals surface area (Å²) in [6.45, 7) is 1.85. The van der Waals surface area contributed by atoms with Gasteiger partial charge in [-0.2, -0.15) is 0 Å². The molecular formula is C16H17ClFNO2. The lowest BCUT2D eigenvalue weighted by Gasteiger charge is -2.20. The van der Waals surface area contributed by atoms with Crippen LogP contribution in [0.3, 0.4) is 0 Å². The molecule has 0 spiro atoms. The van der Waals surface area contributed by atoms with Crippen molar-refractivity contribution < 1.29 is 13.9 Å². The summed E-state index contributed by atoms with van der Waals surface area (Å²) in [6.07, 6.45) is 0. The molecule has 0 saturated heterocycles. The van der Waals surface area contributed by atoms with Crippen LogP contribution in [0.1, 0.15) is 18.5 Å². The number of ether oxygens (including phenoxy) is 2. The number of hydrogen-bond acceptors (Lipinski definition) is 3. The minimum Gasteiger partial charge on any atom is -0.496 e. The fraction of sp³-hybridized carbons (Fsp3) is 0.250. The third-order valence-corrected chi connectivity index (χ3v) is 3.43. The van der Waals surface area contributed by atoms with E-state index in [0.29, 0.717) is 27.8 Å². The van der Waals surface area contributed by atoms with E-state index in [0.717, 1.165) is 0 Å². The van der Waals surface area contributed by atoms with Crippen molar-refractivity contribution in [3.63, 3.8) is 0 Å². The standard InChI is InChI=1S/C16H17ClFNO2/c1-10(16-12(18)5-4-6-15(16)21-3)19-13-9-11(17)7-8-14(13)20-2/h4-10,19H,1-3H3. The monoisotopic (exact) mass is 309 g/mol. The van der Waals surface area contributed by atoms with Crippen LogP contribution in [0.2, 0.25) is 5.02 Å². The van der Waals surface area contributed by atoms with E-state index in [1.807, 2.05) is 6.92 Å². The predicted molar refractivity (Wildman–Crippen MR) is 83.0 cm³/mol. The summed E-state index contributed by atoms with van der Waals surface area (Å²) < 4.78 is 24.6. The molecule has 1 N–H and O–H groups in total. The van der Waals surface area contributed by atoms with Crippen LogP contribution in [-0.2, 0) is 0 Å². The third kappa shape index (κ3) is 3.39. The van der Waals surface area contributed by atoms with Gasteiger partial charge in [0.25, 0.3) is 0 Å². The summed E-state index contributed by atoms with van der Waals surface area (Å²) in [4.78, 5) is 0. The lowest BCUT2D eigenvalue weighted by Crippen LogP contribution is -2.11. The minimum atomic E-state index is -0.324. The Morgan fingerprint density at radius 3 is 2.48 bits per heavy atom. The molecule has 2 aromatic carbocycles. The molecule has 0 saturated carbocycles. The second-order valence-electron chi connectivity index (χ2n) is 4.57. The van der Waals surface area contributed by atoms with E-state index in [1.165, 1.54) is 13.2 Å². The van der Waals surface area contributed by atoms with Crippen molar-refractivity contribution in [2.24, 2.45) is 0 Å². The number of hydrogen-bond donors (Lipinski definition) is 1. The number of benzene rings is 2. The first-order valence-corrected chi connectivity index (χ1v) is 6.87. The van der Waals surface area contributed by atoms with E-state index in [4.69, 9.17) is 21.1 Å².